The van der Waals surface area contributed by atoms with Gasteiger partial charge in [0.05, 0.1) is 16.8 Å². The molecule has 222 valence electrons. The number of furan rings is 1. The summed E-state index contributed by atoms with van der Waals surface area (Å²) in [6, 6.07) is 34.4. The Labute approximate surface area is 265 Å². The first-order chi connectivity index (χ1) is 22.7. The van der Waals surface area contributed by atoms with Gasteiger partial charge >= 0.3 is 0 Å². The van der Waals surface area contributed by atoms with Gasteiger partial charge in [0, 0.05) is 59.7 Å². The van der Waals surface area contributed by atoms with Gasteiger partial charge < -0.3 is 13.9 Å². The SMILES string of the molecule is Cn1ccc(-c2cc(Oc3cc(N(c4ccccc4)c4ccccn4)c4c(c3)oc3ccccc34)cc3c2OC2C=CC=CC32)n1. The van der Waals surface area contributed by atoms with Crippen LogP contribution >= 0.6 is 0 Å². The van der Waals surface area contributed by atoms with Crippen molar-refractivity contribution in [2.24, 2.45) is 7.05 Å². The Morgan fingerprint density at radius 2 is 1.63 bits per heavy atom. The lowest BCUT2D eigenvalue weighted by Gasteiger charge is -2.25. The molecule has 0 bridgehead atoms. The second-order valence-corrected chi connectivity index (χ2v) is 11.5. The molecule has 4 aromatic carbocycles. The molecule has 7 heteroatoms. The molecule has 9 rings (SSSR count). The van der Waals surface area contributed by atoms with Crippen LogP contribution in [0.4, 0.5) is 17.2 Å². The number of fused-ring (bicyclic) bond motifs is 6. The normalized spacial score (nSPS) is 16.4. The quantitative estimate of drug-likeness (QED) is 0.189. The van der Waals surface area contributed by atoms with Crippen LogP contribution in [0.1, 0.15) is 11.5 Å². The van der Waals surface area contributed by atoms with E-state index in [4.69, 9.17) is 24.0 Å². The maximum absolute atomic E-state index is 6.78. The van der Waals surface area contributed by atoms with Crippen molar-refractivity contribution in [3.05, 3.63) is 145 Å². The molecule has 7 aromatic rings. The lowest BCUT2D eigenvalue weighted by atomic mass is 9.90. The minimum Gasteiger partial charge on any atom is -0.484 e. The number of rotatable bonds is 6. The molecule has 0 amide bonds. The first kappa shape index (κ1) is 26.3. The van der Waals surface area contributed by atoms with Gasteiger partial charge in [0.25, 0.3) is 0 Å². The molecule has 1 aliphatic heterocycles. The molecule has 0 N–H and O–H groups in total. The van der Waals surface area contributed by atoms with Crippen LogP contribution in [0, 0.1) is 0 Å². The van der Waals surface area contributed by atoms with E-state index in [1.807, 2.05) is 98.3 Å². The molecular weight excluding hydrogens is 572 g/mol. The minimum absolute atomic E-state index is 0.0611. The summed E-state index contributed by atoms with van der Waals surface area (Å²) in [5.74, 6) is 3.05. The molecule has 2 atom stereocenters. The van der Waals surface area contributed by atoms with Crippen molar-refractivity contribution in [3.63, 3.8) is 0 Å². The van der Waals surface area contributed by atoms with Crippen LogP contribution < -0.4 is 14.4 Å². The highest BCUT2D eigenvalue weighted by Crippen LogP contribution is 2.50. The fourth-order valence-electron chi connectivity index (χ4n) is 6.56. The van der Waals surface area contributed by atoms with Crippen LogP contribution in [0.25, 0.3) is 33.2 Å². The van der Waals surface area contributed by atoms with Gasteiger partial charge in [-0.1, -0.05) is 60.7 Å². The monoisotopic (exact) mass is 600 g/mol. The van der Waals surface area contributed by atoms with E-state index >= 15 is 0 Å². The first-order valence-corrected chi connectivity index (χ1v) is 15.3. The summed E-state index contributed by atoms with van der Waals surface area (Å²) in [5.41, 5.74) is 6.20. The second-order valence-electron chi connectivity index (χ2n) is 11.5. The Bertz CT molecular complexity index is 2260. The van der Waals surface area contributed by atoms with Crippen molar-refractivity contribution >= 4 is 39.1 Å². The topological polar surface area (TPSA) is 65.5 Å². The minimum atomic E-state index is -0.0611. The summed E-state index contributed by atoms with van der Waals surface area (Å²) in [4.78, 5) is 6.91. The third kappa shape index (κ3) is 4.36. The van der Waals surface area contributed by atoms with E-state index in [1.54, 1.807) is 4.68 Å². The van der Waals surface area contributed by atoms with Crippen LogP contribution in [0.3, 0.4) is 0 Å². The van der Waals surface area contributed by atoms with E-state index in [1.165, 1.54) is 0 Å². The number of nitrogens with zero attached hydrogens (tertiary/aromatic N) is 4. The number of benzene rings is 4. The van der Waals surface area contributed by atoms with Crippen LogP contribution in [0.5, 0.6) is 17.2 Å². The lowest BCUT2D eigenvalue weighted by Crippen LogP contribution is -2.15. The predicted molar refractivity (Wildman–Crippen MR) is 180 cm³/mol. The Balaban J connectivity index is 1.24. The standard InChI is InChI=1S/C39H28N4O3/c1-42-20-18-32(41-42)31-22-26(21-30-28-13-5-7-15-34(28)46-39(30)31)44-27-23-33(38-29-14-6-8-16-35(29)45-36(38)24-27)43(25-11-3-2-4-12-25)37-17-9-10-19-40-37/h2-24,28,34H,1H3. The number of ether oxygens (including phenoxy) is 2. The maximum atomic E-state index is 6.78. The van der Waals surface area contributed by atoms with Gasteiger partial charge in [0.15, 0.2) is 0 Å². The molecule has 2 aliphatic rings. The summed E-state index contributed by atoms with van der Waals surface area (Å²) in [6.07, 6.45) is 12.1. The number of aromatic nitrogens is 3. The molecule has 2 unspecified atom stereocenters. The highest BCUT2D eigenvalue weighted by molar-refractivity contribution is 6.13. The third-order valence-corrected chi connectivity index (χ3v) is 8.58. The zero-order valence-electron chi connectivity index (χ0n) is 24.9. The van der Waals surface area contributed by atoms with Crippen molar-refractivity contribution in [1.29, 1.82) is 0 Å². The summed E-state index contributed by atoms with van der Waals surface area (Å²) >= 11 is 0. The highest BCUT2D eigenvalue weighted by atomic mass is 16.5. The van der Waals surface area contributed by atoms with Crippen molar-refractivity contribution < 1.29 is 13.9 Å². The van der Waals surface area contributed by atoms with Gasteiger partial charge in [0.2, 0.25) is 0 Å². The van der Waals surface area contributed by atoms with Gasteiger partial charge in [-0.25, -0.2) is 4.98 Å². The Morgan fingerprint density at radius 3 is 2.48 bits per heavy atom. The van der Waals surface area contributed by atoms with Crippen LogP contribution in [-0.4, -0.2) is 20.9 Å². The molecule has 0 radical (unpaired) electrons. The van der Waals surface area contributed by atoms with Gasteiger partial charge in [0.1, 0.15) is 40.3 Å². The van der Waals surface area contributed by atoms with E-state index in [9.17, 15) is 0 Å². The number of anilines is 3. The molecule has 0 saturated carbocycles. The van der Waals surface area contributed by atoms with E-state index < -0.39 is 0 Å². The fourth-order valence-corrected chi connectivity index (χ4v) is 6.56. The smallest absolute Gasteiger partial charge is 0.141 e. The van der Waals surface area contributed by atoms with Crippen LogP contribution in [-0.2, 0) is 7.05 Å². The fraction of sp³-hybridized carbons (Fsp3) is 0.0769. The molecule has 1 aliphatic carbocycles. The van der Waals surface area contributed by atoms with Gasteiger partial charge in [-0.3, -0.25) is 9.58 Å². The number of pyridine rings is 1. The average molecular weight is 601 g/mol. The van der Waals surface area contributed by atoms with E-state index in [0.29, 0.717) is 11.5 Å². The Hall–Kier alpha value is -6.08. The van der Waals surface area contributed by atoms with Crippen LogP contribution in [0.2, 0.25) is 0 Å². The summed E-state index contributed by atoms with van der Waals surface area (Å²) < 4.78 is 21.5. The predicted octanol–water partition coefficient (Wildman–Crippen LogP) is 9.61. The molecular formula is C39H28N4O3. The van der Waals surface area contributed by atoms with E-state index in [2.05, 4.69) is 53.5 Å². The molecule has 0 saturated heterocycles. The molecule has 0 fully saturated rings. The summed E-state index contributed by atoms with van der Waals surface area (Å²) in [5, 5.41) is 6.71. The molecule has 7 nitrogen and oxygen atoms in total. The van der Waals surface area contributed by atoms with E-state index in [-0.39, 0.29) is 12.0 Å². The van der Waals surface area contributed by atoms with Gasteiger partial charge in [-0.2, -0.15) is 5.10 Å². The largest absolute Gasteiger partial charge is 0.484 e. The van der Waals surface area contributed by atoms with Crippen molar-refractivity contribution in [3.8, 4) is 28.5 Å². The molecule has 46 heavy (non-hydrogen) atoms. The number of hydrogen-bond acceptors (Lipinski definition) is 6. The summed E-state index contributed by atoms with van der Waals surface area (Å²) in [7, 11) is 1.92. The number of allylic oxidation sites excluding steroid dienone is 2. The third-order valence-electron chi connectivity index (χ3n) is 8.58. The highest BCUT2D eigenvalue weighted by Gasteiger charge is 2.35. The summed E-state index contributed by atoms with van der Waals surface area (Å²) in [6.45, 7) is 0. The lowest BCUT2D eigenvalue weighted by molar-refractivity contribution is 0.269. The van der Waals surface area contributed by atoms with Gasteiger partial charge in [-0.05, 0) is 54.6 Å². The van der Waals surface area contributed by atoms with Crippen molar-refractivity contribution in [2.45, 2.75) is 12.0 Å². The second kappa shape index (κ2) is 10.5. The van der Waals surface area contributed by atoms with Crippen LogP contribution in [0.15, 0.2) is 144 Å². The molecule has 3 aromatic heterocycles. The molecule has 4 heterocycles. The number of aryl methyl sites for hydroxylation is 1. The van der Waals surface area contributed by atoms with Crippen molar-refractivity contribution in [2.75, 3.05) is 4.90 Å². The Kier molecular flexibility index (Phi) is 6.03. The zero-order chi connectivity index (χ0) is 30.6. The Morgan fingerprint density at radius 1 is 0.804 bits per heavy atom. The van der Waals surface area contributed by atoms with E-state index in [0.717, 1.165) is 61.7 Å². The van der Waals surface area contributed by atoms with Gasteiger partial charge in [-0.15, -0.1) is 0 Å². The first-order valence-electron chi connectivity index (χ1n) is 15.3. The zero-order valence-corrected chi connectivity index (χ0v) is 24.9. The van der Waals surface area contributed by atoms with Crippen molar-refractivity contribution in [1.82, 2.24) is 14.8 Å². The maximum Gasteiger partial charge on any atom is 0.141 e. The number of para-hydroxylation sites is 2. The molecule has 0 spiro atoms. The average Bonchev–Trinajstić information content (AvgIpc) is 3.80. The number of hydrogen-bond donors (Lipinski definition) is 0.